The van der Waals surface area contributed by atoms with E-state index in [1.807, 2.05) is 0 Å². The number of aromatic nitrogens is 2. The first kappa shape index (κ1) is 12.6. The van der Waals surface area contributed by atoms with E-state index in [1.165, 1.54) is 6.20 Å². The Bertz CT molecular complexity index is 679. The van der Waals surface area contributed by atoms with Crippen LogP contribution < -0.4 is 5.32 Å². The Kier molecular flexibility index (Phi) is 3.03. The van der Waals surface area contributed by atoms with E-state index in [2.05, 4.69) is 15.3 Å². The molecule has 1 aliphatic rings. The molecule has 0 radical (unpaired) electrons. The Morgan fingerprint density at radius 1 is 1.42 bits per heavy atom. The minimum Gasteiger partial charge on any atom is -0.310 e. The number of pyridine rings is 2. The number of halogens is 3. The molecule has 3 rings (SSSR count). The summed E-state index contributed by atoms with van der Waals surface area (Å²) in [5.74, 6) is -0.567. The van der Waals surface area contributed by atoms with E-state index in [1.54, 1.807) is 12.1 Å². The Balaban J connectivity index is 1.91. The molecule has 0 bridgehead atoms. The first-order valence-electron chi connectivity index (χ1n) is 5.61. The van der Waals surface area contributed by atoms with Crippen LogP contribution in [-0.4, -0.2) is 22.0 Å². The van der Waals surface area contributed by atoms with Gasteiger partial charge in [0.25, 0.3) is 0 Å². The van der Waals surface area contributed by atoms with Crippen LogP contribution in [0.4, 0.5) is 10.2 Å². The van der Waals surface area contributed by atoms with Gasteiger partial charge in [-0.05, 0) is 23.9 Å². The van der Waals surface area contributed by atoms with E-state index in [-0.39, 0.29) is 22.6 Å². The summed E-state index contributed by atoms with van der Waals surface area (Å²) < 4.78 is 12.8. The van der Waals surface area contributed by atoms with Crippen molar-refractivity contribution in [3.63, 3.8) is 0 Å². The van der Waals surface area contributed by atoms with E-state index in [9.17, 15) is 9.18 Å². The van der Waals surface area contributed by atoms with Crippen LogP contribution in [0.1, 0.15) is 6.42 Å². The number of carbonyl (C=O) groups is 1. The van der Waals surface area contributed by atoms with Crippen molar-refractivity contribution in [2.45, 2.75) is 12.6 Å². The van der Waals surface area contributed by atoms with Crippen molar-refractivity contribution in [2.75, 3.05) is 5.32 Å². The minimum atomic E-state index is -1.03. The molecule has 19 heavy (non-hydrogen) atoms. The van der Waals surface area contributed by atoms with Gasteiger partial charge in [-0.3, -0.25) is 4.79 Å². The summed E-state index contributed by atoms with van der Waals surface area (Å²) in [6.45, 7) is 0. The lowest BCUT2D eigenvalue weighted by Crippen LogP contribution is -2.15. The van der Waals surface area contributed by atoms with Gasteiger partial charge in [-0.2, -0.15) is 0 Å². The molecule has 2 heterocycles. The average molecular weight is 300 g/mol. The molecule has 1 aliphatic carbocycles. The number of hydrogen-bond donors (Lipinski definition) is 1. The first-order valence-corrected chi connectivity index (χ1v) is 6.37. The number of rotatable bonds is 2. The third-order valence-electron chi connectivity index (χ3n) is 2.94. The molecular weight excluding hydrogens is 292 g/mol. The fourth-order valence-corrected chi connectivity index (χ4v) is 2.29. The third kappa shape index (κ3) is 2.48. The van der Waals surface area contributed by atoms with E-state index >= 15 is 0 Å². The number of nitrogens with one attached hydrogen (secondary N) is 1. The van der Waals surface area contributed by atoms with E-state index in [0.29, 0.717) is 16.6 Å². The summed E-state index contributed by atoms with van der Waals surface area (Å²) in [5, 5.41) is 4.42. The predicted molar refractivity (Wildman–Crippen MR) is 71.2 cm³/mol. The predicted octanol–water partition coefficient (Wildman–Crippen LogP) is 3.23. The summed E-state index contributed by atoms with van der Waals surface area (Å²) in [6.07, 6.45) is 0.741. The van der Waals surface area contributed by atoms with E-state index in [0.717, 1.165) is 0 Å². The number of nitrogens with zero attached hydrogens (tertiary/aromatic N) is 2. The van der Waals surface area contributed by atoms with Crippen molar-refractivity contribution in [1.29, 1.82) is 0 Å². The molecule has 2 aromatic rings. The van der Waals surface area contributed by atoms with Crippen molar-refractivity contribution < 1.29 is 9.18 Å². The second-order valence-electron chi connectivity index (χ2n) is 4.37. The largest absolute Gasteiger partial charge is 0.310 e. The number of carbonyl (C=O) groups excluding carboxylic acids is 1. The molecule has 0 saturated heterocycles. The summed E-state index contributed by atoms with van der Waals surface area (Å²) in [4.78, 5) is 19.5. The number of fused-ring (bicyclic) bond motifs is 1. The van der Waals surface area contributed by atoms with Gasteiger partial charge in [0.2, 0.25) is 5.91 Å². The summed E-state index contributed by atoms with van der Waals surface area (Å²) >= 11 is 11.7. The SMILES string of the molecule is O=C(Nc1cc2cc(Cl)nc(Cl)c2cn1)[C@@H]1C[C@@H]1F. The van der Waals surface area contributed by atoms with Crippen molar-refractivity contribution in [1.82, 2.24) is 9.97 Å². The molecule has 0 unspecified atom stereocenters. The normalized spacial score (nSPS) is 21.4. The smallest absolute Gasteiger partial charge is 0.231 e. The van der Waals surface area contributed by atoms with Crippen molar-refractivity contribution in [3.05, 3.63) is 28.6 Å². The van der Waals surface area contributed by atoms with Gasteiger partial charge in [0.15, 0.2) is 0 Å². The van der Waals surface area contributed by atoms with Crippen LogP contribution in [0, 0.1) is 5.92 Å². The van der Waals surface area contributed by atoms with Gasteiger partial charge in [-0.1, -0.05) is 23.2 Å². The molecule has 0 aromatic carbocycles. The molecule has 7 heteroatoms. The number of alkyl halides is 1. The Morgan fingerprint density at radius 2 is 2.16 bits per heavy atom. The van der Waals surface area contributed by atoms with Gasteiger partial charge in [-0.15, -0.1) is 0 Å². The maximum Gasteiger partial charge on any atom is 0.231 e. The molecule has 0 spiro atoms. The Morgan fingerprint density at radius 3 is 2.84 bits per heavy atom. The lowest BCUT2D eigenvalue weighted by Gasteiger charge is -2.05. The van der Waals surface area contributed by atoms with Gasteiger partial charge in [0, 0.05) is 11.6 Å². The van der Waals surface area contributed by atoms with Crippen LogP contribution in [0.2, 0.25) is 10.3 Å². The van der Waals surface area contributed by atoms with E-state index < -0.39 is 12.1 Å². The van der Waals surface area contributed by atoms with Crippen LogP contribution in [0.3, 0.4) is 0 Å². The number of amides is 1. The second-order valence-corrected chi connectivity index (χ2v) is 5.12. The van der Waals surface area contributed by atoms with E-state index in [4.69, 9.17) is 23.2 Å². The van der Waals surface area contributed by atoms with Gasteiger partial charge < -0.3 is 5.32 Å². The fraction of sp³-hybridized carbons (Fsp3) is 0.250. The zero-order chi connectivity index (χ0) is 13.6. The Hall–Kier alpha value is -1.46. The molecule has 1 N–H and O–H groups in total. The summed E-state index contributed by atoms with van der Waals surface area (Å²) in [6, 6.07) is 3.25. The Labute approximate surface area is 117 Å². The molecular formula is C12H8Cl2FN3O. The average Bonchev–Trinajstić information content (AvgIpc) is 3.05. The van der Waals surface area contributed by atoms with Crippen molar-refractivity contribution in [3.8, 4) is 0 Å². The molecule has 2 atom stereocenters. The highest BCUT2D eigenvalue weighted by Crippen LogP contribution is 2.34. The topological polar surface area (TPSA) is 54.9 Å². The molecule has 1 saturated carbocycles. The maximum atomic E-state index is 12.8. The first-order chi connectivity index (χ1) is 9.04. The third-order valence-corrected chi connectivity index (χ3v) is 3.42. The molecule has 4 nitrogen and oxygen atoms in total. The molecule has 1 amide bonds. The number of anilines is 1. The highest BCUT2D eigenvalue weighted by Gasteiger charge is 2.43. The fourth-order valence-electron chi connectivity index (χ4n) is 1.80. The van der Waals surface area contributed by atoms with Crippen LogP contribution in [-0.2, 0) is 4.79 Å². The molecule has 98 valence electrons. The highest BCUT2D eigenvalue weighted by atomic mass is 35.5. The monoisotopic (exact) mass is 299 g/mol. The molecule has 0 aliphatic heterocycles. The molecule has 2 aromatic heterocycles. The quantitative estimate of drug-likeness (QED) is 0.866. The van der Waals surface area contributed by atoms with Crippen molar-refractivity contribution in [2.24, 2.45) is 5.92 Å². The standard InChI is InChI=1S/C12H8Cl2FN3O/c13-9-1-5-2-10(16-4-7(5)11(14)17-9)18-12(19)6-3-8(6)15/h1-2,4,6,8H,3H2,(H,16,18,19)/t6-,8+/m1/s1. The lowest BCUT2D eigenvalue weighted by atomic mass is 10.2. The molecule has 1 fully saturated rings. The minimum absolute atomic E-state index is 0.249. The van der Waals surface area contributed by atoms with Gasteiger partial charge >= 0.3 is 0 Å². The zero-order valence-corrected chi connectivity index (χ0v) is 11.0. The van der Waals surface area contributed by atoms with Crippen LogP contribution in [0.15, 0.2) is 18.3 Å². The lowest BCUT2D eigenvalue weighted by molar-refractivity contribution is -0.117. The zero-order valence-electron chi connectivity index (χ0n) is 9.53. The van der Waals surface area contributed by atoms with Gasteiger partial charge in [-0.25, -0.2) is 14.4 Å². The van der Waals surface area contributed by atoms with Crippen LogP contribution >= 0.6 is 23.2 Å². The van der Waals surface area contributed by atoms with Crippen LogP contribution in [0.5, 0.6) is 0 Å². The van der Waals surface area contributed by atoms with Gasteiger partial charge in [0.05, 0.1) is 5.92 Å². The highest BCUT2D eigenvalue weighted by molar-refractivity contribution is 6.36. The maximum absolute atomic E-state index is 12.8. The summed E-state index contributed by atoms with van der Waals surface area (Å²) in [5.41, 5.74) is 0. The van der Waals surface area contributed by atoms with Crippen molar-refractivity contribution >= 4 is 45.7 Å². The second kappa shape index (κ2) is 4.58. The van der Waals surface area contributed by atoms with Crippen LogP contribution in [0.25, 0.3) is 10.8 Å². The summed E-state index contributed by atoms with van der Waals surface area (Å²) in [7, 11) is 0. The number of hydrogen-bond acceptors (Lipinski definition) is 3. The van der Waals surface area contributed by atoms with Gasteiger partial charge in [0.1, 0.15) is 22.3 Å².